The second-order valence-corrected chi connectivity index (χ2v) is 10.3. The van der Waals surface area contributed by atoms with Gasteiger partial charge in [-0.3, -0.25) is 0 Å². The lowest BCUT2D eigenvalue weighted by Crippen LogP contribution is -2.12. The minimum absolute atomic E-state index is 0.182. The summed E-state index contributed by atoms with van der Waals surface area (Å²) in [6.45, 7) is 16.6. The van der Waals surface area contributed by atoms with E-state index < -0.39 is 0 Å². The van der Waals surface area contributed by atoms with Gasteiger partial charge in [-0.2, -0.15) is 0 Å². The molecule has 1 aromatic heterocycles. The van der Waals surface area contributed by atoms with Gasteiger partial charge in [0.05, 0.1) is 11.4 Å². The highest BCUT2D eigenvalue weighted by molar-refractivity contribution is 5.76. The first-order chi connectivity index (χ1) is 13.8. The van der Waals surface area contributed by atoms with E-state index in [1.54, 1.807) is 0 Å². The van der Waals surface area contributed by atoms with Gasteiger partial charge in [0, 0.05) is 22.3 Å². The van der Waals surface area contributed by atoms with Crippen LogP contribution in [0.15, 0.2) is 42.5 Å². The zero-order valence-electron chi connectivity index (χ0n) is 19.4. The molecule has 0 saturated heterocycles. The quantitative estimate of drug-likeness (QED) is 0.482. The number of phenols is 2. The van der Waals surface area contributed by atoms with Crippen LogP contribution < -0.4 is 0 Å². The van der Waals surface area contributed by atoms with E-state index in [9.17, 15) is 10.2 Å². The molecular weight excluding hydrogens is 370 g/mol. The highest BCUT2D eigenvalue weighted by Gasteiger charge is 2.24. The Labute approximate surface area is 180 Å². The number of nitrogens with zero attached hydrogens (tertiary/aromatic N) is 1. The van der Waals surface area contributed by atoms with Gasteiger partial charge in [-0.1, -0.05) is 59.7 Å². The molecule has 3 heteroatoms. The molecule has 0 unspecified atom stereocenters. The molecule has 3 rings (SSSR count). The van der Waals surface area contributed by atoms with Gasteiger partial charge in [0.2, 0.25) is 0 Å². The Hall–Kier alpha value is -2.81. The van der Waals surface area contributed by atoms with Crippen LogP contribution in [0, 0.1) is 13.8 Å². The SMILES string of the molecule is Cc1cc(-c2cccc(-c3cc(C)cc(C(C)(C)C)c3O)n2)c(O)c(C(C)(C)C)c1. The highest BCUT2D eigenvalue weighted by atomic mass is 16.3. The third-order valence-corrected chi connectivity index (χ3v) is 5.43. The molecule has 0 fully saturated rings. The fourth-order valence-electron chi connectivity index (χ4n) is 3.83. The number of rotatable bonds is 2. The summed E-state index contributed by atoms with van der Waals surface area (Å²) in [6.07, 6.45) is 0. The number of benzene rings is 2. The lowest BCUT2D eigenvalue weighted by atomic mass is 9.83. The number of aromatic nitrogens is 1. The van der Waals surface area contributed by atoms with Gasteiger partial charge in [-0.25, -0.2) is 4.98 Å². The summed E-state index contributed by atoms with van der Waals surface area (Å²) in [7, 11) is 0. The summed E-state index contributed by atoms with van der Waals surface area (Å²) < 4.78 is 0. The molecule has 0 atom stereocenters. The molecule has 0 aliphatic carbocycles. The number of pyridine rings is 1. The Morgan fingerprint density at radius 3 is 1.33 bits per heavy atom. The Kier molecular flexibility index (Phi) is 5.44. The van der Waals surface area contributed by atoms with Crippen molar-refractivity contribution in [3.8, 4) is 34.0 Å². The lowest BCUT2D eigenvalue weighted by Gasteiger charge is -2.23. The molecule has 0 radical (unpaired) electrons. The van der Waals surface area contributed by atoms with Crippen molar-refractivity contribution in [3.63, 3.8) is 0 Å². The molecule has 2 N–H and O–H groups in total. The Morgan fingerprint density at radius 1 is 0.633 bits per heavy atom. The maximum Gasteiger partial charge on any atom is 0.128 e. The number of hydrogen-bond donors (Lipinski definition) is 2. The molecule has 2 aromatic carbocycles. The number of phenolic OH excluding ortho intramolecular Hbond substituents is 2. The molecule has 0 spiro atoms. The van der Waals surface area contributed by atoms with E-state index in [1.807, 2.05) is 56.3 Å². The van der Waals surface area contributed by atoms with Crippen LogP contribution in [0.5, 0.6) is 11.5 Å². The molecule has 0 aliphatic rings. The zero-order chi connectivity index (χ0) is 22.4. The van der Waals surface area contributed by atoms with Gasteiger partial charge >= 0.3 is 0 Å². The van der Waals surface area contributed by atoms with Crippen molar-refractivity contribution in [3.05, 3.63) is 64.7 Å². The maximum absolute atomic E-state index is 11.0. The van der Waals surface area contributed by atoms with Gasteiger partial charge in [0.25, 0.3) is 0 Å². The molecule has 1 heterocycles. The Balaban J connectivity index is 2.21. The lowest BCUT2D eigenvalue weighted by molar-refractivity contribution is 0.448. The molecule has 0 amide bonds. The zero-order valence-corrected chi connectivity index (χ0v) is 19.4. The summed E-state index contributed by atoms with van der Waals surface area (Å²) in [5.41, 5.74) is 6.40. The second-order valence-electron chi connectivity index (χ2n) is 10.3. The van der Waals surface area contributed by atoms with Crippen LogP contribution in [0.1, 0.15) is 63.8 Å². The van der Waals surface area contributed by atoms with Gasteiger partial charge in [0.15, 0.2) is 0 Å². The third-order valence-electron chi connectivity index (χ3n) is 5.43. The average molecular weight is 404 g/mol. The fourth-order valence-corrected chi connectivity index (χ4v) is 3.83. The predicted molar refractivity (Wildman–Crippen MR) is 125 cm³/mol. The topological polar surface area (TPSA) is 53.4 Å². The van der Waals surface area contributed by atoms with Crippen LogP contribution in [0.2, 0.25) is 0 Å². The Morgan fingerprint density at radius 2 is 1.00 bits per heavy atom. The normalized spacial score (nSPS) is 12.3. The van der Waals surface area contributed by atoms with Crippen molar-refractivity contribution in [2.75, 3.05) is 0 Å². The van der Waals surface area contributed by atoms with Crippen LogP contribution >= 0.6 is 0 Å². The summed E-state index contributed by atoms with van der Waals surface area (Å²) in [5, 5.41) is 22.0. The monoisotopic (exact) mass is 403 g/mol. The van der Waals surface area contributed by atoms with Crippen LogP contribution in [0.3, 0.4) is 0 Å². The number of aryl methyl sites for hydroxylation is 2. The molecule has 3 aromatic rings. The second kappa shape index (κ2) is 7.46. The minimum atomic E-state index is -0.182. The van der Waals surface area contributed by atoms with E-state index in [1.165, 1.54) is 0 Å². The largest absolute Gasteiger partial charge is 0.507 e. The van der Waals surface area contributed by atoms with Gasteiger partial charge in [0.1, 0.15) is 11.5 Å². The highest BCUT2D eigenvalue weighted by Crippen LogP contribution is 2.41. The first-order valence-corrected chi connectivity index (χ1v) is 10.4. The summed E-state index contributed by atoms with van der Waals surface area (Å²) in [5.74, 6) is 0.531. The number of hydrogen-bond acceptors (Lipinski definition) is 3. The third kappa shape index (κ3) is 4.21. The van der Waals surface area contributed by atoms with Crippen molar-refractivity contribution < 1.29 is 10.2 Å². The van der Waals surface area contributed by atoms with E-state index in [0.717, 1.165) is 22.3 Å². The smallest absolute Gasteiger partial charge is 0.128 e. The standard InChI is InChI=1S/C27H33NO2/c1-16-12-18(24(29)20(14-16)26(3,4)5)22-10-9-11-23(28-22)19-13-17(2)15-21(25(19)30)27(6,7)8/h9-15,29-30H,1-8H3. The van der Waals surface area contributed by atoms with E-state index in [4.69, 9.17) is 4.98 Å². The minimum Gasteiger partial charge on any atom is -0.507 e. The van der Waals surface area contributed by atoms with Crippen LogP contribution in [-0.4, -0.2) is 15.2 Å². The first kappa shape index (κ1) is 21.9. The van der Waals surface area contributed by atoms with Crippen molar-refractivity contribution in [2.45, 2.75) is 66.2 Å². The summed E-state index contributed by atoms with van der Waals surface area (Å²) >= 11 is 0. The van der Waals surface area contributed by atoms with E-state index in [-0.39, 0.29) is 22.3 Å². The molecule has 158 valence electrons. The van der Waals surface area contributed by atoms with E-state index in [2.05, 4.69) is 41.5 Å². The van der Waals surface area contributed by atoms with Gasteiger partial charge in [-0.15, -0.1) is 0 Å². The molecule has 30 heavy (non-hydrogen) atoms. The van der Waals surface area contributed by atoms with Crippen LogP contribution in [-0.2, 0) is 10.8 Å². The van der Waals surface area contributed by atoms with Crippen LogP contribution in [0.25, 0.3) is 22.5 Å². The maximum atomic E-state index is 11.0. The Bertz CT molecular complexity index is 1010. The molecular formula is C27H33NO2. The molecule has 0 bridgehead atoms. The first-order valence-electron chi connectivity index (χ1n) is 10.4. The molecule has 3 nitrogen and oxygen atoms in total. The number of aromatic hydroxyl groups is 2. The van der Waals surface area contributed by atoms with Crippen molar-refractivity contribution in [1.29, 1.82) is 0 Å². The molecule has 0 aliphatic heterocycles. The van der Waals surface area contributed by atoms with Crippen LogP contribution in [0.4, 0.5) is 0 Å². The van der Waals surface area contributed by atoms with E-state index in [0.29, 0.717) is 22.5 Å². The van der Waals surface area contributed by atoms with Gasteiger partial charge < -0.3 is 10.2 Å². The predicted octanol–water partition coefficient (Wildman–Crippen LogP) is 7.04. The van der Waals surface area contributed by atoms with Crippen molar-refractivity contribution in [1.82, 2.24) is 4.98 Å². The van der Waals surface area contributed by atoms with E-state index >= 15 is 0 Å². The molecule has 0 saturated carbocycles. The fraction of sp³-hybridized carbons (Fsp3) is 0.370. The summed E-state index contributed by atoms with van der Waals surface area (Å²) in [6, 6.07) is 13.7. The van der Waals surface area contributed by atoms with Crippen molar-refractivity contribution >= 4 is 0 Å². The van der Waals surface area contributed by atoms with Crippen molar-refractivity contribution in [2.24, 2.45) is 0 Å². The van der Waals surface area contributed by atoms with Gasteiger partial charge in [-0.05, 0) is 60.1 Å². The summed E-state index contributed by atoms with van der Waals surface area (Å²) in [4.78, 5) is 4.84. The average Bonchev–Trinajstić information content (AvgIpc) is 2.63.